The molecule has 112 valence electrons. The number of aryl methyl sites for hydroxylation is 1. The van der Waals surface area contributed by atoms with E-state index in [4.69, 9.17) is 10.5 Å². The molecule has 0 bridgehead atoms. The highest BCUT2D eigenvalue weighted by molar-refractivity contribution is 5.29. The summed E-state index contributed by atoms with van der Waals surface area (Å²) in [5, 5.41) is 0. The first-order valence-electron chi connectivity index (χ1n) is 7.24. The average Bonchev–Trinajstić information content (AvgIpc) is 2.51. The quantitative estimate of drug-likeness (QED) is 0.885. The third-order valence-corrected chi connectivity index (χ3v) is 3.81. The molecule has 0 aromatic heterocycles. The summed E-state index contributed by atoms with van der Waals surface area (Å²) in [7, 11) is 3.79. The normalized spacial score (nSPS) is 12.4. The third-order valence-electron chi connectivity index (χ3n) is 3.81. The minimum Gasteiger partial charge on any atom is -0.497 e. The lowest BCUT2D eigenvalue weighted by Gasteiger charge is -2.27. The van der Waals surface area contributed by atoms with Gasteiger partial charge in [0, 0.05) is 19.1 Å². The fraction of sp³-hybridized carbons (Fsp3) is 0.333. The largest absolute Gasteiger partial charge is 0.497 e. The lowest BCUT2D eigenvalue weighted by molar-refractivity contribution is 0.241. The second kappa shape index (κ2) is 7.25. The third kappa shape index (κ3) is 4.06. The fourth-order valence-electron chi connectivity index (χ4n) is 2.49. The standard InChI is InChI=1S/C18H24N2O/c1-14-4-6-15(7-5-14)13-20(2)18(12-19)16-8-10-17(21-3)11-9-16/h4-11,18H,12-13,19H2,1-3H3. The molecule has 0 amide bonds. The van der Waals surface area contributed by atoms with Crippen molar-refractivity contribution >= 4 is 0 Å². The van der Waals surface area contributed by atoms with Gasteiger partial charge in [0.2, 0.25) is 0 Å². The van der Waals surface area contributed by atoms with Crippen molar-refractivity contribution < 1.29 is 4.74 Å². The maximum Gasteiger partial charge on any atom is 0.118 e. The van der Waals surface area contributed by atoms with E-state index in [1.807, 2.05) is 12.1 Å². The smallest absolute Gasteiger partial charge is 0.118 e. The van der Waals surface area contributed by atoms with Gasteiger partial charge in [-0.25, -0.2) is 0 Å². The zero-order valence-electron chi connectivity index (χ0n) is 13.0. The summed E-state index contributed by atoms with van der Waals surface area (Å²) in [4.78, 5) is 2.28. The Morgan fingerprint density at radius 3 is 2.19 bits per heavy atom. The van der Waals surface area contributed by atoms with Gasteiger partial charge in [-0.2, -0.15) is 0 Å². The minimum absolute atomic E-state index is 0.206. The molecule has 0 aliphatic carbocycles. The van der Waals surface area contributed by atoms with Crippen molar-refractivity contribution in [2.75, 3.05) is 20.7 Å². The number of ether oxygens (including phenoxy) is 1. The van der Waals surface area contributed by atoms with Crippen LogP contribution in [0.2, 0.25) is 0 Å². The van der Waals surface area contributed by atoms with E-state index in [2.05, 4.69) is 55.3 Å². The lowest BCUT2D eigenvalue weighted by atomic mass is 10.0. The molecule has 3 heteroatoms. The van der Waals surface area contributed by atoms with Gasteiger partial charge in [0.25, 0.3) is 0 Å². The van der Waals surface area contributed by atoms with Crippen LogP contribution in [0.15, 0.2) is 48.5 Å². The number of nitrogens with two attached hydrogens (primary N) is 1. The molecular formula is C18H24N2O. The number of rotatable bonds is 6. The Morgan fingerprint density at radius 2 is 1.67 bits per heavy atom. The van der Waals surface area contributed by atoms with Crippen LogP contribution in [-0.4, -0.2) is 25.6 Å². The van der Waals surface area contributed by atoms with Gasteiger partial charge in [-0.3, -0.25) is 4.90 Å². The Kier molecular flexibility index (Phi) is 5.37. The van der Waals surface area contributed by atoms with Crippen molar-refractivity contribution in [1.29, 1.82) is 0 Å². The Balaban J connectivity index is 2.09. The number of nitrogens with zero attached hydrogens (tertiary/aromatic N) is 1. The Morgan fingerprint density at radius 1 is 1.05 bits per heavy atom. The number of benzene rings is 2. The molecule has 3 nitrogen and oxygen atoms in total. The molecule has 2 aromatic carbocycles. The molecule has 0 radical (unpaired) electrons. The van der Waals surface area contributed by atoms with Gasteiger partial charge in [0.15, 0.2) is 0 Å². The summed E-state index contributed by atoms with van der Waals surface area (Å²) in [6, 6.07) is 17.0. The molecule has 0 aliphatic rings. The van der Waals surface area contributed by atoms with Crippen molar-refractivity contribution in [3.8, 4) is 5.75 Å². The highest BCUT2D eigenvalue weighted by Crippen LogP contribution is 2.22. The van der Waals surface area contributed by atoms with Gasteiger partial charge in [-0.15, -0.1) is 0 Å². The Labute approximate surface area is 127 Å². The summed E-state index contributed by atoms with van der Waals surface area (Å²) in [6.07, 6.45) is 0. The van der Waals surface area contributed by atoms with Crippen LogP contribution < -0.4 is 10.5 Å². The average molecular weight is 284 g/mol. The SMILES string of the molecule is COc1ccc(C(CN)N(C)Cc2ccc(C)cc2)cc1. The molecule has 0 spiro atoms. The summed E-state index contributed by atoms with van der Waals surface area (Å²) in [5.74, 6) is 0.871. The Hall–Kier alpha value is -1.84. The molecule has 2 rings (SSSR count). The van der Waals surface area contributed by atoms with E-state index in [0.29, 0.717) is 6.54 Å². The molecule has 0 aliphatic heterocycles. The van der Waals surface area contributed by atoms with Crippen LogP contribution in [0.4, 0.5) is 0 Å². The van der Waals surface area contributed by atoms with Crippen molar-refractivity contribution in [3.63, 3.8) is 0 Å². The van der Waals surface area contributed by atoms with Crippen LogP contribution >= 0.6 is 0 Å². The number of hydrogen-bond acceptors (Lipinski definition) is 3. The van der Waals surface area contributed by atoms with Crippen molar-refractivity contribution in [1.82, 2.24) is 4.90 Å². The van der Waals surface area contributed by atoms with Crippen LogP contribution in [0.5, 0.6) is 5.75 Å². The van der Waals surface area contributed by atoms with Crippen LogP contribution in [0.1, 0.15) is 22.7 Å². The van der Waals surface area contributed by atoms with Crippen molar-refractivity contribution in [2.45, 2.75) is 19.5 Å². The molecule has 1 unspecified atom stereocenters. The Bertz CT molecular complexity index is 548. The first kappa shape index (κ1) is 15.5. The van der Waals surface area contributed by atoms with Crippen LogP contribution in [0.25, 0.3) is 0 Å². The van der Waals surface area contributed by atoms with Gasteiger partial charge in [0.1, 0.15) is 5.75 Å². The minimum atomic E-state index is 0.206. The second-order valence-electron chi connectivity index (χ2n) is 5.43. The van der Waals surface area contributed by atoms with Crippen LogP contribution in [0.3, 0.4) is 0 Å². The lowest BCUT2D eigenvalue weighted by Crippen LogP contribution is -2.30. The zero-order valence-corrected chi connectivity index (χ0v) is 13.0. The summed E-state index contributed by atoms with van der Waals surface area (Å²) in [5.41, 5.74) is 9.78. The van der Waals surface area contributed by atoms with Gasteiger partial charge < -0.3 is 10.5 Å². The number of likely N-dealkylation sites (N-methyl/N-ethyl adjacent to an activating group) is 1. The molecule has 21 heavy (non-hydrogen) atoms. The number of methoxy groups -OCH3 is 1. The van der Waals surface area contributed by atoms with E-state index in [1.165, 1.54) is 16.7 Å². The maximum absolute atomic E-state index is 5.98. The molecule has 0 fully saturated rings. The van der Waals surface area contributed by atoms with E-state index < -0.39 is 0 Å². The van der Waals surface area contributed by atoms with Gasteiger partial charge >= 0.3 is 0 Å². The van der Waals surface area contributed by atoms with Gasteiger partial charge in [-0.1, -0.05) is 42.0 Å². The predicted molar refractivity (Wildman–Crippen MR) is 87.4 cm³/mol. The van der Waals surface area contributed by atoms with E-state index in [-0.39, 0.29) is 6.04 Å². The van der Waals surface area contributed by atoms with Crippen molar-refractivity contribution in [3.05, 3.63) is 65.2 Å². The highest BCUT2D eigenvalue weighted by atomic mass is 16.5. The maximum atomic E-state index is 5.98. The predicted octanol–water partition coefficient (Wildman–Crippen LogP) is 3.14. The molecule has 1 atom stereocenters. The molecule has 2 N–H and O–H groups in total. The topological polar surface area (TPSA) is 38.5 Å². The first-order valence-corrected chi connectivity index (χ1v) is 7.24. The van der Waals surface area contributed by atoms with Crippen molar-refractivity contribution in [2.24, 2.45) is 5.73 Å². The van der Waals surface area contributed by atoms with Gasteiger partial charge in [-0.05, 0) is 37.2 Å². The molecule has 0 heterocycles. The molecule has 2 aromatic rings. The first-order chi connectivity index (χ1) is 10.1. The van der Waals surface area contributed by atoms with E-state index in [0.717, 1.165) is 12.3 Å². The monoisotopic (exact) mass is 284 g/mol. The van der Waals surface area contributed by atoms with E-state index >= 15 is 0 Å². The van der Waals surface area contributed by atoms with E-state index in [9.17, 15) is 0 Å². The van der Waals surface area contributed by atoms with Crippen LogP contribution in [0, 0.1) is 6.92 Å². The highest BCUT2D eigenvalue weighted by Gasteiger charge is 2.15. The summed E-state index contributed by atoms with van der Waals surface area (Å²) >= 11 is 0. The number of hydrogen-bond donors (Lipinski definition) is 1. The molecule has 0 saturated carbocycles. The summed E-state index contributed by atoms with van der Waals surface area (Å²) in [6.45, 7) is 3.58. The fourth-order valence-corrected chi connectivity index (χ4v) is 2.49. The summed E-state index contributed by atoms with van der Waals surface area (Å²) < 4.78 is 5.21. The second-order valence-corrected chi connectivity index (χ2v) is 5.43. The molecular weight excluding hydrogens is 260 g/mol. The van der Waals surface area contributed by atoms with Crippen LogP contribution in [-0.2, 0) is 6.54 Å². The van der Waals surface area contributed by atoms with E-state index in [1.54, 1.807) is 7.11 Å². The van der Waals surface area contributed by atoms with Gasteiger partial charge in [0.05, 0.1) is 7.11 Å². The zero-order chi connectivity index (χ0) is 15.2. The molecule has 0 saturated heterocycles.